The van der Waals surface area contributed by atoms with E-state index in [1.165, 1.54) is 6.07 Å². The average molecular weight is 199 g/mol. The number of hydrogen-bond donors (Lipinski definition) is 3. The maximum Gasteiger partial charge on any atom is 0.305 e. The van der Waals surface area contributed by atoms with Gasteiger partial charge in [-0.25, -0.2) is 4.39 Å². The van der Waals surface area contributed by atoms with E-state index in [1.54, 1.807) is 0 Å². The number of phenols is 1. The van der Waals surface area contributed by atoms with Crippen molar-refractivity contribution in [3.05, 3.63) is 29.6 Å². The highest BCUT2D eigenvalue weighted by molar-refractivity contribution is 5.67. The number of rotatable bonds is 3. The summed E-state index contributed by atoms with van der Waals surface area (Å²) >= 11 is 0. The minimum atomic E-state index is -1.05. The molecule has 0 aliphatic carbocycles. The van der Waals surface area contributed by atoms with E-state index in [0.717, 1.165) is 12.1 Å². The molecule has 1 atom stereocenters. The number of nitrogens with two attached hydrogens (primary N) is 1. The number of aromatic hydroxyl groups is 1. The number of benzene rings is 1. The summed E-state index contributed by atoms with van der Waals surface area (Å²) < 4.78 is 12.8. The van der Waals surface area contributed by atoms with Crippen LogP contribution in [0.25, 0.3) is 0 Å². The molecule has 4 nitrogen and oxygen atoms in total. The molecule has 0 aliphatic rings. The standard InChI is InChI=1S/C9H10FNO3/c10-6-3-5(1-2-8(6)12)7(11)4-9(13)14/h1-3,7,12H,4,11H2,(H,13,14)/t7-/m1/s1. The predicted octanol–water partition coefficient (Wildman–Crippen LogP) is 1.01. The smallest absolute Gasteiger partial charge is 0.305 e. The molecule has 0 unspecified atom stereocenters. The lowest BCUT2D eigenvalue weighted by molar-refractivity contribution is -0.137. The van der Waals surface area contributed by atoms with E-state index in [2.05, 4.69) is 0 Å². The third-order valence-electron chi connectivity index (χ3n) is 1.79. The van der Waals surface area contributed by atoms with Gasteiger partial charge in [0.1, 0.15) is 0 Å². The topological polar surface area (TPSA) is 83.6 Å². The fourth-order valence-corrected chi connectivity index (χ4v) is 1.06. The molecule has 0 amide bonds. The largest absolute Gasteiger partial charge is 0.505 e. The summed E-state index contributed by atoms with van der Waals surface area (Å²) in [5, 5.41) is 17.3. The van der Waals surface area contributed by atoms with Crippen LogP contribution < -0.4 is 5.73 Å². The van der Waals surface area contributed by atoms with Crippen molar-refractivity contribution in [2.75, 3.05) is 0 Å². The number of carbonyl (C=O) groups is 1. The second kappa shape index (κ2) is 4.06. The SMILES string of the molecule is N[C@H](CC(=O)O)c1ccc(O)c(F)c1. The van der Waals surface area contributed by atoms with E-state index in [-0.39, 0.29) is 6.42 Å². The van der Waals surface area contributed by atoms with Gasteiger partial charge in [0.2, 0.25) is 0 Å². The van der Waals surface area contributed by atoms with Crippen LogP contribution in [0.4, 0.5) is 4.39 Å². The summed E-state index contributed by atoms with van der Waals surface area (Å²) in [5.74, 6) is -2.33. The molecular formula is C9H10FNO3. The Balaban J connectivity index is 2.85. The lowest BCUT2D eigenvalue weighted by atomic mass is 10.0. The monoisotopic (exact) mass is 199 g/mol. The Kier molecular flexibility index (Phi) is 3.03. The molecule has 4 N–H and O–H groups in total. The van der Waals surface area contributed by atoms with Gasteiger partial charge in [0, 0.05) is 6.04 Å². The summed E-state index contributed by atoms with van der Waals surface area (Å²) in [6.45, 7) is 0. The number of aliphatic carboxylic acids is 1. The Morgan fingerprint density at radius 3 is 2.71 bits per heavy atom. The van der Waals surface area contributed by atoms with Crippen LogP contribution in [0, 0.1) is 5.82 Å². The third kappa shape index (κ3) is 2.43. The number of carboxylic acids is 1. The van der Waals surface area contributed by atoms with Crippen molar-refractivity contribution in [2.24, 2.45) is 5.73 Å². The van der Waals surface area contributed by atoms with Gasteiger partial charge in [-0.3, -0.25) is 4.79 Å². The van der Waals surface area contributed by atoms with Crippen molar-refractivity contribution in [3.8, 4) is 5.75 Å². The molecule has 0 aromatic heterocycles. The van der Waals surface area contributed by atoms with Crippen LogP contribution in [-0.4, -0.2) is 16.2 Å². The lowest BCUT2D eigenvalue weighted by Gasteiger charge is -2.09. The highest BCUT2D eigenvalue weighted by atomic mass is 19.1. The average Bonchev–Trinajstić information content (AvgIpc) is 2.08. The molecule has 0 fully saturated rings. The minimum Gasteiger partial charge on any atom is -0.505 e. The summed E-state index contributed by atoms with van der Waals surface area (Å²) in [5.41, 5.74) is 5.84. The van der Waals surface area contributed by atoms with E-state index < -0.39 is 23.6 Å². The van der Waals surface area contributed by atoms with Crippen LogP contribution in [0.5, 0.6) is 5.75 Å². The van der Waals surface area contributed by atoms with Crippen LogP contribution >= 0.6 is 0 Å². The first-order chi connectivity index (χ1) is 6.50. The highest BCUT2D eigenvalue weighted by Gasteiger charge is 2.12. The fourth-order valence-electron chi connectivity index (χ4n) is 1.06. The van der Waals surface area contributed by atoms with Gasteiger partial charge in [-0.1, -0.05) is 6.07 Å². The summed E-state index contributed by atoms with van der Waals surface area (Å²) in [4.78, 5) is 10.3. The lowest BCUT2D eigenvalue weighted by Crippen LogP contribution is -2.15. The maximum absolute atomic E-state index is 12.8. The molecule has 0 aliphatic heterocycles. The fraction of sp³-hybridized carbons (Fsp3) is 0.222. The first-order valence-corrected chi connectivity index (χ1v) is 3.96. The Morgan fingerprint density at radius 2 is 2.21 bits per heavy atom. The molecule has 0 radical (unpaired) electrons. The van der Waals surface area contributed by atoms with Gasteiger partial charge in [0.25, 0.3) is 0 Å². The van der Waals surface area contributed by atoms with Gasteiger partial charge in [-0.2, -0.15) is 0 Å². The molecule has 1 aromatic carbocycles. The van der Waals surface area contributed by atoms with Crippen molar-refractivity contribution in [1.82, 2.24) is 0 Å². The second-order valence-corrected chi connectivity index (χ2v) is 2.92. The van der Waals surface area contributed by atoms with Crippen molar-refractivity contribution in [1.29, 1.82) is 0 Å². The Labute approximate surface area is 79.8 Å². The Morgan fingerprint density at radius 1 is 1.57 bits per heavy atom. The van der Waals surface area contributed by atoms with Crippen molar-refractivity contribution < 1.29 is 19.4 Å². The zero-order chi connectivity index (χ0) is 10.7. The van der Waals surface area contributed by atoms with E-state index >= 15 is 0 Å². The molecule has 1 aromatic rings. The number of carboxylic acid groups (broad SMARTS) is 1. The van der Waals surface area contributed by atoms with Gasteiger partial charge in [0.05, 0.1) is 6.42 Å². The Hall–Kier alpha value is -1.62. The van der Waals surface area contributed by atoms with Gasteiger partial charge in [0.15, 0.2) is 11.6 Å². The van der Waals surface area contributed by atoms with Crippen molar-refractivity contribution >= 4 is 5.97 Å². The van der Waals surface area contributed by atoms with Crippen LogP contribution in [0.1, 0.15) is 18.0 Å². The molecule has 0 spiro atoms. The molecular weight excluding hydrogens is 189 g/mol. The van der Waals surface area contributed by atoms with E-state index in [1.807, 2.05) is 0 Å². The number of phenolic OH excluding ortho intramolecular Hbond substituents is 1. The van der Waals surface area contributed by atoms with Crippen LogP contribution in [0.2, 0.25) is 0 Å². The number of halogens is 1. The summed E-state index contributed by atoms with van der Waals surface area (Å²) in [6.07, 6.45) is -0.274. The van der Waals surface area contributed by atoms with Gasteiger partial charge < -0.3 is 15.9 Å². The summed E-state index contributed by atoms with van der Waals surface area (Å²) in [7, 11) is 0. The predicted molar refractivity (Wildman–Crippen MR) is 47.2 cm³/mol. The molecule has 0 heterocycles. The second-order valence-electron chi connectivity index (χ2n) is 2.92. The molecule has 76 valence electrons. The van der Waals surface area contributed by atoms with Crippen LogP contribution in [0.3, 0.4) is 0 Å². The van der Waals surface area contributed by atoms with Crippen LogP contribution in [0.15, 0.2) is 18.2 Å². The highest BCUT2D eigenvalue weighted by Crippen LogP contribution is 2.21. The van der Waals surface area contributed by atoms with E-state index in [4.69, 9.17) is 15.9 Å². The zero-order valence-electron chi connectivity index (χ0n) is 7.27. The van der Waals surface area contributed by atoms with Crippen molar-refractivity contribution in [2.45, 2.75) is 12.5 Å². The van der Waals surface area contributed by atoms with E-state index in [0.29, 0.717) is 5.56 Å². The normalized spacial score (nSPS) is 12.4. The zero-order valence-corrected chi connectivity index (χ0v) is 7.27. The Bertz CT molecular complexity index is 354. The van der Waals surface area contributed by atoms with E-state index in [9.17, 15) is 9.18 Å². The maximum atomic E-state index is 12.8. The first-order valence-electron chi connectivity index (χ1n) is 3.96. The quantitative estimate of drug-likeness (QED) is 0.678. The molecule has 0 saturated heterocycles. The van der Waals surface area contributed by atoms with Gasteiger partial charge in [-0.15, -0.1) is 0 Å². The molecule has 14 heavy (non-hydrogen) atoms. The first kappa shape index (κ1) is 10.5. The number of hydrogen-bond acceptors (Lipinski definition) is 3. The van der Waals surface area contributed by atoms with Gasteiger partial charge >= 0.3 is 5.97 Å². The third-order valence-corrected chi connectivity index (χ3v) is 1.79. The van der Waals surface area contributed by atoms with Gasteiger partial charge in [-0.05, 0) is 17.7 Å². The van der Waals surface area contributed by atoms with Crippen molar-refractivity contribution in [3.63, 3.8) is 0 Å². The minimum absolute atomic E-state index is 0.274. The molecule has 0 bridgehead atoms. The molecule has 5 heteroatoms. The molecule has 0 saturated carbocycles. The van der Waals surface area contributed by atoms with Crippen LogP contribution in [-0.2, 0) is 4.79 Å². The molecule has 1 rings (SSSR count). The summed E-state index contributed by atoms with van der Waals surface area (Å²) in [6, 6.07) is 2.81.